The van der Waals surface area contributed by atoms with Crippen molar-refractivity contribution in [2.45, 2.75) is 26.4 Å². The van der Waals surface area contributed by atoms with Crippen LogP contribution in [0.15, 0.2) is 79.1 Å². The molecule has 0 radical (unpaired) electrons. The molecular formula is C28H29Cl2N3O3. The van der Waals surface area contributed by atoms with Gasteiger partial charge in [-0.3, -0.25) is 9.78 Å². The molecule has 1 aromatic heterocycles. The van der Waals surface area contributed by atoms with E-state index in [1.165, 1.54) is 6.20 Å². The average molecular weight is 529 g/mol. The molecule has 4 rings (SSSR count). The molecule has 0 aliphatic rings. The first-order valence-electron chi connectivity index (χ1n) is 12.3. The maximum absolute atomic E-state index is 13.1. The lowest BCUT2D eigenvalue weighted by atomic mass is 9.97. The van der Waals surface area contributed by atoms with Gasteiger partial charge >= 0.3 is 5.97 Å². The van der Waals surface area contributed by atoms with Crippen molar-refractivity contribution < 1.29 is 18.4 Å². The third-order valence-electron chi connectivity index (χ3n) is 5.55. The number of aryl methyl sites for hydroxylation is 2. The molecule has 0 fully saturated rings. The van der Waals surface area contributed by atoms with Crippen LogP contribution in [0.1, 0.15) is 42.6 Å². The number of halogens is 2. The smallest absolute Gasteiger partial charge is 0.338 e. The lowest BCUT2D eigenvalue weighted by Gasteiger charge is -2.16. The van der Waals surface area contributed by atoms with E-state index in [0.29, 0.717) is 27.8 Å². The molecule has 3 N–H and O–H groups in total. The second-order valence-corrected chi connectivity index (χ2v) is 8.08. The summed E-state index contributed by atoms with van der Waals surface area (Å²) in [5.74, 6) is -2.33. The molecule has 6 nitrogen and oxygen atoms in total. The number of carbonyl (C=O) groups excluding carboxylic acids is 2. The summed E-state index contributed by atoms with van der Waals surface area (Å²) >= 11 is 0. The minimum absolute atomic E-state index is 0. The fourth-order valence-electron chi connectivity index (χ4n) is 3.72. The zero-order valence-electron chi connectivity index (χ0n) is 22.8. The van der Waals surface area contributed by atoms with Crippen LogP contribution in [0, 0.1) is 13.8 Å². The molecule has 0 aliphatic heterocycles. The number of hydrogen-bond donors (Lipinski definition) is 2. The number of anilines is 1. The molecule has 0 bridgehead atoms. The van der Waals surface area contributed by atoms with E-state index in [1.807, 2.05) is 26.0 Å². The third kappa shape index (κ3) is 6.82. The zero-order chi connectivity index (χ0) is 26.7. The van der Waals surface area contributed by atoms with Crippen LogP contribution in [0.25, 0.3) is 10.8 Å². The summed E-state index contributed by atoms with van der Waals surface area (Å²) in [4.78, 5) is 29.5. The molecule has 1 atom stereocenters. The van der Waals surface area contributed by atoms with Gasteiger partial charge in [-0.15, -0.1) is 24.8 Å². The van der Waals surface area contributed by atoms with Gasteiger partial charge in [-0.2, -0.15) is 0 Å². The van der Waals surface area contributed by atoms with Crippen LogP contribution < -0.4 is 11.1 Å². The molecule has 0 aliphatic carbocycles. The molecular weight excluding hydrogens is 497 g/mol. The summed E-state index contributed by atoms with van der Waals surface area (Å²) in [7, 11) is 0. The summed E-state index contributed by atoms with van der Waals surface area (Å²) in [5, 5.41) is 4.10. The molecule has 1 heterocycles. The van der Waals surface area contributed by atoms with E-state index >= 15 is 0 Å². The second-order valence-electron chi connectivity index (χ2n) is 8.08. The number of nitrogens with one attached hydrogen (secondary N) is 1. The Hall–Kier alpha value is -3.45. The first-order chi connectivity index (χ1) is 17.5. The Bertz CT molecular complexity index is 1480. The normalized spacial score (nSPS) is 12.7. The fourth-order valence-corrected chi connectivity index (χ4v) is 3.72. The summed E-state index contributed by atoms with van der Waals surface area (Å²) in [6.07, 6.45) is 1.64. The van der Waals surface area contributed by atoms with Crippen molar-refractivity contribution in [2.75, 3.05) is 11.8 Å². The van der Waals surface area contributed by atoms with Gasteiger partial charge in [0.05, 0.1) is 12.9 Å². The number of aromatic nitrogens is 1. The topological polar surface area (TPSA) is 94.3 Å². The molecule has 8 heteroatoms. The summed E-state index contributed by atoms with van der Waals surface area (Å²) < 4.78 is 29.5. The predicted molar refractivity (Wildman–Crippen MR) is 148 cm³/mol. The SMILES string of the molecule is Cl.Cl.[2H]c1nccc2cc(NC(=O)C(c3ccc(COC(=O)c4ccc(C)cc4C)cc3)C([2H])([2H])N)ccc12. The summed E-state index contributed by atoms with van der Waals surface area (Å²) in [5.41, 5.74) is 9.69. The highest BCUT2D eigenvalue weighted by atomic mass is 35.5. The summed E-state index contributed by atoms with van der Waals surface area (Å²) in [6.45, 7) is 1.50. The number of fused-ring (bicyclic) bond motifs is 1. The van der Waals surface area contributed by atoms with Gasteiger partial charge in [0, 0.05) is 32.7 Å². The van der Waals surface area contributed by atoms with Crippen LogP contribution in [0.4, 0.5) is 5.69 Å². The van der Waals surface area contributed by atoms with E-state index in [9.17, 15) is 9.59 Å². The monoisotopic (exact) mass is 528 g/mol. The number of rotatable bonds is 7. The van der Waals surface area contributed by atoms with Crippen molar-refractivity contribution in [1.29, 1.82) is 0 Å². The highest BCUT2D eigenvalue weighted by molar-refractivity contribution is 5.98. The van der Waals surface area contributed by atoms with Crippen LogP contribution in [0.3, 0.4) is 0 Å². The number of amides is 1. The van der Waals surface area contributed by atoms with E-state index in [2.05, 4.69) is 10.3 Å². The molecule has 0 spiro atoms. The molecule has 0 saturated heterocycles. The quantitative estimate of drug-likeness (QED) is 0.298. The van der Waals surface area contributed by atoms with Crippen LogP contribution in [-0.4, -0.2) is 23.4 Å². The molecule has 4 aromatic rings. The number of nitrogens with two attached hydrogens (primary N) is 1. The number of benzene rings is 3. The Balaban J connectivity index is 0.00000267. The molecule has 3 aromatic carbocycles. The number of carbonyl (C=O) groups is 2. The average Bonchev–Trinajstić information content (AvgIpc) is 2.82. The van der Waals surface area contributed by atoms with Crippen molar-refractivity contribution in [2.24, 2.45) is 5.73 Å². The zero-order valence-corrected chi connectivity index (χ0v) is 21.4. The van der Waals surface area contributed by atoms with Crippen LogP contribution >= 0.6 is 24.8 Å². The standard InChI is InChI=1S/C28H27N3O3.2ClH/c1-18-3-10-25(19(2)13-18)28(33)34-17-20-4-6-21(7-5-20)26(15-29)27(32)31-24-9-8-23-16-30-12-11-22(23)14-24;;/h3-14,16,26H,15,17,29H2,1-2H3,(H,31,32);2*1H/i15D2,16D;;. The van der Waals surface area contributed by atoms with E-state index in [0.717, 1.165) is 16.5 Å². The summed E-state index contributed by atoms with van der Waals surface area (Å²) in [6, 6.07) is 18.8. The van der Waals surface area contributed by atoms with Crippen molar-refractivity contribution in [3.8, 4) is 0 Å². The van der Waals surface area contributed by atoms with E-state index in [4.69, 9.17) is 14.6 Å². The Morgan fingerprint density at radius 2 is 1.78 bits per heavy atom. The van der Waals surface area contributed by atoms with E-state index in [1.54, 1.807) is 54.6 Å². The minimum atomic E-state index is -2.34. The van der Waals surface area contributed by atoms with Crippen LogP contribution in [0.5, 0.6) is 0 Å². The van der Waals surface area contributed by atoms with Gasteiger partial charge < -0.3 is 15.8 Å². The van der Waals surface area contributed by atoms with Gasteiger partial charge in [-0.25, -0.2) is 4.79 Å². The van der Waals surface area contributed by atoms with Crippen LogP contribution in [0.2, 0.25) is 0 Å². The number of pyridine rings is 1. The Morgan fingerprint density at radius 1 is 1.03 bits per heavy atom. The predicted octanol–water partition coefficient (Wildman–Crippen LogP) is 5.73. The Kier molecular flexibility index (Phi) is 8.77. The molecule has 36 heavy (non-hydrogen) atoms. The first kappa shape index (κ1) is 24.3. The Labute approximate surface area is 227 Å². The maximum atomic E-state index is 13.1. The number of ether oxygens (including phenoxy) is 1. The lowest BCUT2D eigenvalue weighted by Crippen LogP contribution is -2.27. The van der Waals surface area contributed by atoms with Crippen molar-refractivity contribution >= 4 is 53.2 Å². The third-order valence-corrected chi connectivity index (χ3v) is 5.55. The van der Waals surface area contributed by atoms with Gasteiger partial charge in [0.15, 0.2) is 0 Å². The van der Waals surface area contributed by atoms with Crippen LogP contribution in [-0.2, 0) is 16.1 Å². The van der Waals surface area contributed by atoms with Gasteiger partial charge in [0.1, 0.15) is 6.61 Å². The van der Waals surface area contributed by atoms with Gasteiger partial charge in [-0.1, -0.05) is 48.0 Å². The minimum Gasteiger partial charge on any atom is -0.457 e. The fraction of sp³-hybridized carbons (Fsp3) is 0.179. The van der Waals surface area contributed by atoms with Crippen molar-refractivity contribution in [3.05, 3.63) is 107 Å². The second kappa shape index (κ2) is 13.0. The Morgan fingerprint density at radius 3 is 2.47 bits per heavy atom. The highest BCUT2D eigenvalue weighted by Crippen LogP contribution is 2.22. The largest absolute Gasteiger partial charge is 0.457 e. The van der Waals surface area contributed by atoms with Gasteiger partial charge in [0.25, 0.3) is 0 Å². The van der Waals surface area contributed by atoms with Crippen molar-refractivity contribution in [1.82, 2.24) is 4.98 Å². The maximum Gasteiger partial charge on any atom is 0.338 e. The van der Waals surface area contributed by atoms with Crippen molar-refractivity contribution in [3.63, 3.8) is 0 Å². The van der Waals surface area contributed by atoms with E-state index < -0.39 is 24.3 Å². The van der Waals surface area contributed by atoms with E-state index in [-0.39, 0.29) is 37.6 Å². The van der Waals surface area contributed by atoms with Gasteiger partial charge in [-0.05, 0) is 60.2 Å². The number of nitrogens with zero attached hydrogens (tertiary/aromatic N) is 1. The molecule has 1 unspecified atom stereocenters. The first-order valence-corrected chi connectivity index (χ1v) is 10.8. The number of esters is 1. The molecule has 0 saturated carbocycles. The molecule has 188 valence electrons. The van der Waals surface area contributed by atoms with Gasteiger partial charge in [0.2, 0.25) is 5.91 Å². The lowest BCUT2D eigenvalue weighted by molar-refractivity contribution is -0.117. The highest BCUT2D eigenvalue weighted by Gasteiger charge is 2.19. The number of hydrogen-bond acceptors (Lipinski definition) is 5. The molecule has 1 amide bonds.